The maximum atomic E-state index is 12.0. The average molecular weight is 277 g/mol. The van der Waals surface area contributed by atoms with Crippen molar-refractivity contribution < 1.29 is 9.90 Å². The maximum Gasteiger partial charge on any atom is 0.255 e. The quantitative estimate of drug-likeness (QED) is 0.562. The largest absolute Gasteiger partial charge is 0.505 e. The van der Waals surface area contributed by atoms with Crippen LogP contribution in [0.2, 0.25) is 0 Å². The number of phenols is 1. The number of rotatable bonds is 5. The summed E-state index contributed by atoms with van der Waals surface area (Å²) in [4.78, 5) is 14.4. The molecule has 1 amide bonds. The molecule has 5 heteroatoms. The van der Waals surface area contributed by atoms with Gasteiger partial charge >= 0.3 is 0 Å². The Balaban J connectivity index is 1.83. The first-order valence-corrected chi connectivity index (χ1v) is 7.16. The van der Waals surface area contributed by atoms with E-state index in [9.17, 15) is 9.90 Å². The van der Waals surface area contributed by atoms with Crippen molar-refractivity contribution in [3.63, 3.8) is 0 Å². The van der Waals surface area contributed by atoms with Crippen molar-refractivity contribution >= 4 is 11.6 Å². The molecule has 4 N–H and O–H groups in total. The summed E-state index contributed by atoms with van der Waals surface area (Å²) < 4.78 is 0. The molecule has 1 atom stereocenters. The fraction of sp³-hybridized carbons (Fsp3) is 0.533. The minimum Gasteiger partial charge on any atom is -0.505 e. The Morgan fingerprint density at radius 3 is 2.85 bits per heavy atom. The molecule has 0 aliphatic carbocycles. The monoisotopic (exact) mass is 277 g/mol. The fourth-order valence-corrected chi connectivity index (χ4v) is 2.58. The zero-order chi connectivity index (χ0) is 14.5. The van der Waals surface area contributed by atoms with E-state index in [0.717, 1.165) is 19.6 Å². The second kappa shape index (κ2) is 6.61. The smallest absolute Gasteiger partial charge is 0.255 e. The van der Waals surface area contributed by atoms with Crippen molar-refractivity contribution in [1.29, 1.82) is 0 Å². The lowest BCUT2D eigenvalue weighted by Gasteiger charge is -2.20. The summed E-state index contributed by atoms with van der Waals surface area (Å²) in [6, 6.07) is 4.81. The third-order valence-electron chi connectivity index (χ3n) is 3.69. The van der Waals surface area contributed by atoms with Crippen LogP contribution in [0.1, 0.15) is 30.1 Å². The van der Waals surface area contributed by atoms with E-state index < -0.39 is 0 Å². The predicted molar refractivity (Wildman–Crippen MR) is 79.7 cm³/mol. The van der Waals surface area contributed by atoms with Gasteiger partial charge in [-0.3, -0.25) is 4.79 Å². The van der Waals surface area contributed by atoms with Crippen molar-refractivity contribution in [2.24, 2.45) is 5.92 Å². The Kier molecular flexibility index (Phi) is 4.84. The molecule has 110 valence electrons. The number of phenolic OH excluding ortho intramolecular Hbond substituents is 1. The topological polar surface area (TPSA) is 78.6 Å². The van der Waals surface area contributed by atoms with E-state index in [-0.39, 0.29) is 22.9 Å². The summed E-state index contributed by atoms with van der Waals surface area (Å²) >= 11 is 0. The molecule has 1 aromatic carbocycles. The third-order valence-corrected chi connectivity index (χ3v) is 3.69. The van der Waals surface area contributed by atoms with E-state index in [4.69, 9.17) is 5.73 Å². The van der Waals surface area contributed by atoms with Crippen molar-refractivity contribution in [1.82, 2.24) is 10.2 Å². The summed E-state index contributed by atoms with van der Waals surface area (Å²) in [5, 5.41) is 12.6. The van der Waals surface area contributed by atoms with Crippen molar-refractivity contribution in [2.75, 3.05) is 31.9 Å². The average Bonchev–Trinajstić information content (AvgIpc) is 2.92. The van der Waals surface area contributed by atoms with E-state index >= 15 is 0 Å². The molecule has 1 unspecified atom stereocenters. The van der Waals surface area contributed by atoms with Crippen molar-refractivity contribution in [3.05, 3.63) is 23.8 Å². The molecular weight excluding hydrogens is 254 g/mol. The molecule has 0 spiro atoms. The van der Waals surface area contributed by atoms with E-state index in [1.165, 1.54) is 12.8 Å². The number of aromatic hydroxyl groups is 1. The number of carbonyl (C=O) groups excluding carboxylic acids is 1. The Bertz CT molecular complexity index is 470. The Labute approximate surface area is 119 Å². The number of nitrogens with one attached hydrogen (secondary N) is 1. The molecule has 20 heavy (non-hydrogen) atoms. The molecule has 0 saturated carbocycles. The zero-order valence-electron chi connectivity index (χ0n) is 11.9. The number of para-hydroxylation sites is 1. The van der Waals surface area contributed by atoms with Crippen LogP contribution in [0.25, 0.3) is 0 Å². The summed E-state index contributed by atoms with van der Waals surface area (Å²) in [5.74, 6) is -0.0273. The molecule has 0 aromatic heterocycles. The third kappa shape index (κ3) is 3.63. The first-order valence-electron chi connectivity index (χ1n) is 7.16. The Hall–Kier alpha value is -1.75. The number of carbonyl (C=O) groups is 1. The van der Waals surface area contributed by atoms with E-state index in [1.54, 1.807) is 18.2 Å². The van der Waals surface area contributed by atoms with Crippen LogP contribution in [-0.2, 0) is 0 Å². The highest BCUT2D eigenvalue weighted by atomic mass is 16.3. The number of benzene rings is 1. The molecular formula is C15H23N3O2. The molecule has 1 heterocycles. The molecule has 1 saturated heterocycles. The molecule has 1 aliphatic rings. The van der Waals surface area contributed by atoms with Crippen molar-refractivity contribution in [3.8, 4) is 5.75 Å². The van der Waals surface area contributed by atoms with Crippen LogP contribution in [0.3, 0.4) is 0 Å². The van der Waals surface area contributed by atoms with Crippen LogP contribution in [0.5, 0.6) is 5.75 Å². The van der Waals surface area contributed by atoms with E-state index in [0.29, 0.717) is 12.5 Å². The van der Waals surface area contributed by atoms with Gasteiger partial charge in [0.25, 0.3) is 5.91 Å². The highest BCUT2D eigenvalue weighted by Crippen LogP contribution is 2.24. The SMILES string of the molecule is CC(CNC(=O)c1cccc(N)c1O)CN1CCCC1. The predicted octanol–water partition coefficient (Wildman–Crippen LogP) is 1.44. The second-order valence-electron chi connectivity index (χ2n) is 5.57. The van der Waals surface area contributed by atoms with Gasteiger partial charge in [-0.05, 0) is 44.0 Å². The van der Waals surface area contributed by atoms with Gasteiger partial charge in [-0.15, -0.1) is 0 Å². The van der Waals surface area contributed by atoms with Gasteiger partial charge in [-0.2, -0.15) is 0 Å². The number of nitrogens with two attached hydrogens (primary N) is 1. The highest BCUT2D eigenvalue weighted by Gasteiger charge is 2.17. The first-order chi connectivity index (χ1) is 9.58. The van der Waals surface area contributed by atoms with Gasteiger partial charge in [0.05, 0.1) is 11.3 Å². The Morgan fingerprint density at radius 2 is 2.15 bits per heavy atom. The molecule has 5 nitrogen and oxygen atoms in total. The molecule has 1 aromatic rings. The van der Waals surface area contributed by atoms with E-state index in [1.807, 2.05) is 0 Å². The second-order valence-corrected chi connectivity index (χ2v) is 5.57. The van der Waals surface area contributed by atoms with Crippen LogP contribution in [-0.4, -0.2) is 42.1 Å². The first kappa shape index (κ1) is 14.7. The van der Waals surface area contributed by atoms with Gasteiger partial charge < -0.3 is 21.1 Å². The minimum atomic E-state index is -0.275. The van der Waals surface area contributed by atoms with Crippen LogP contribution >= 0.6 is 0 Å². The van der Waals surface area contributed by atoms with Crippen LogP contribution < -0.4 is 11.1 Å². The lowest BCUT2D eigenvalue weighted by molar-refractivity contribution is 0.0942. The van der Waals surface area contributed by atoms with Crippen LogP contribution in [0.4, 0.5) is 5.69 Å². The normalized spacial score (nSPS) is 17.1. The summed E-state index contributed by atoms with van der Waals surface area (Å²) in [5.41, 5.74) is 6.05. The fourth-order valence-electron chi connectivity index (χ4n) is 2.58. The molecule has 1 fully saturated rings. The number of amides is 1. The lowest BCUT2D eigenvalue weighted by Crippen LogP contribution is -2.34. The number of likely N-dealkylation sites (tertiary alicyclic amines) is 1. The molecule has 1 aliphatic heterocycles. The number of nitrogen functional groups attached to an aromatic ring is 1. The van der Waals surface area contributed by atoms with E-state index in [2.05, 4.69) is 17.1 Å². The summed E-state index contributed by atoms with van der Waals surface area (Å²) in [6.07, 6.45) is 2.55. The van der Waals surface area contributed by atoms with Gasteiger partial charge in [0.15, 0.2) is 5.75 Å². The summed E-state index contributed by atoms with van der Waals surface area (Å²) in [6.45, 7) is 6.05. The van der Waals surface area contributed by atoms with Gasteiger partial charge in [-0.1, -0.05) is 13.0 Å². The number of anilines is 1. The van der Waals surface area contributed by atoms with Crippen LogP contribution in [0.15, 0.2) is 18.2 Å². The number of nitrogens with zero attached hydrogens (tertiary/aromatic N) is 1. The van der Waals surface area contributed by atoms with Gasteiger partial charge in [0.1, 0.15) is 0 Å². The van der Waals surface area contributed by atoms with Gasteiger partial charge in [0.2, 0.25) is 0 Å². The van der Waals surface area contributed by atoms with Gasteiger partial charge in [-0.25, -0.2) is 0 Å². The molecule has 0 bridgehead atoms. The number of hydrogen-bond acceptors (Lipinski definition) is 4. The number of hydrogen-bond donors (Lipinski definition) is 3. The molecule has 0 radical (unpaired) electrons. The minimum absolute atomic E-state index is 0.141. The Morgan fingerprint density at radius 1 is 1.45 bits per heavy atom. The highest BCUT2D eigenvalue weighted by molar-refractivity contribution is 5.98. The van der Waals surface area contributed by atoms with Gasteiger partial charge in [0, 0.05) is 13.1 Å². The molecule has 2 rings (SSSR count). The zero-order valence-corrected chi connectivity index (χ0v) is 11.9. The lowest BCUT2D eigenvalue weighted by atomic mass is 10.1. The summed E-state index contributed by atoms with van der Waals surface area (Å²) in [7, 11) is 0. The van der Waals surface area contributed by atoms with Crippen LogP contribution in [0, 0.1) is 5.92 Å². The standard InChI is InChI=1S/C15H23N3O2/c1-11(10-18-7-2-3-8-18)9-17-15(20)12-5-4-6-13(16)14(12)19/h4-6,11,19H,2-3,7-10,16H2,1H3,(H,17,20). The van der Waals surface area contributed by atoms with Crippen molar-refractivity contribution in [2.45, 2.75) is 19.8 Å². The maximum absolute atomic E-state index is 12.0.